The molecule has 7 heteroatoms. The number of piperazine rings is 1. The standard InChI is InChI=1S/C17H21N5S2/c1-11-9-23-16-15(11)18-10-19-17(16)22-6-4-21(5-7-22)8-14-20-12(2)13(3)24-14/h9-10H,4-8H2,1-3H3. The van der Waals surface area contributed by atoms with E-state index in [9.17, 15) is 0 Å². The highest BCUT2D eigenvalue weighted by Gasteiger charge is 2.21. The zero-order chi connectivity index (χ0) is 16.7. The second-order valence-electron chi connectivity index (χ2n) is 6.31. The van der Waals surface area contributed by atoms with Crippen LogP contribution in [0.4, 0.5) is 5.82 Å². The summed E-state index contributed by atoms with van der Waals surface area (Å²) in [6, 6.07) is 0. The zero-order valence-electron chi connectivity index (χ0n) is 14.2. The molecule has 4 heterocycles. The zero-order valence-corrected chi connectivity index (χ0v) is 15.9. The highest BCUT2D eigenvalue weighted by molar-refractivity contribution is 7.18. The van der Waals surface area contributed by atoms with Crippen LogP contribution >= 0.6 is 22.7 Å². The Kier molecular flexibility index (Phi) is 4.24. The molecule has 1 aliphatic heterocycles. The lowest BCUT2D eigenvalue weighted by Gasteiger charge is -2.35. The summed E-state index contributed by atoms with van der Waals surface area (Å²) >= 11 is 3.58. The normalized spacial score (nSPS) is 16.2. The first-order valence-corrected chi connectivity index (χ1v) is 9.90. The number of hydrogen-bond acceptors (Lipinski definition) is 7. The van der Waals surface area contributed by atoms with Gasteiger partial charge < -0.3 is 4.90 Å². The molecule has 0 unspecified atom stereocenters. The first kappa shape index (κ1) is 15.9. The Morgan fingerprint density at radius 2 is 1.88 bits per heavy atom. The molecule has 1 saturated heterocycles. The van der Waals surface area contributed by atoms with E-state index in [1.807, 2.05) is 11.3 Å². The predicted molar refractivity (Wildman–Crippen MR) is 101 cm³/mol. The van der Waals surface area contributed by atoms with Crippen molar-refractivity contribution in [2.75, 3.05) is 31.1 Å². The van der Waals surface area contributed by atoms with E-state index >= 15 is 0 Å². The van der Waals surface area contributed by atoms with Gasteiger partial charge in [-0.2, -0.15) is 0 Å². The monoisotopic (exact) mass is 359 g/mol. The average molecular weight is 360 g/mol. The Hall–Kier alpha value is -1.57. The van der Waals surface area contributed by atoms with Gasteiger partial charge in [-0.3, -0.25) is 4.90 Å². The van der Waals surface area contributed by atoms with Gasteiger partial charge in [0.25, 0.3) is 0 Å². The summed E-state index contributed by atoms with van der Waals surface area (Å²) in [5, 5.41) is 3.41. The van der Waals surface area contributed by atoms with Gasteiger partial charge in [0.15, 0.2) is 0 Å². The van der Waals surface area contributed by atoms with E-state index in [-0.39, 0.29) is 0 Å². The molecule has 1 aliphatic rings. The van der Waals surface area contributed by atoms with E-state index in [0.717, 1.165) is 44.1 Å². The van der Waals surface area contributed by atoms with Gasteiger partial charge in [0.2, 0.25) is 0 Å². The molecule has 0 N–H and O–H groups in total. The highest BCUT2D eigenvalue weighted by Crippen LogP contribution is 2.31. The number of aryl methyl sites for hydroxylation is 3. The molecule has 0 amide bonds. The van der Waals surface area contributed by atoms with E-state index in [1.165, 1.54) is 25.8 Å². The fraction of sp³-hybridized carbons (Fsp3) is 0.471. The molecule has 24 heavy (non-hydrogen) atoms. The minimum atomic E-state index is 0.963. The molecule has 126 valence electrons. The summed E-state index contributed by atoms with van der Waals surface area (Å²) < 4.78 is 1.22. The van der Waals surface area contributed by atoms with Crippen molar-refractivity contribution in [2.45, 2.75) is 27.3 Å². The van der Waals surface area contributed by atoms with Crippen LogP contribution in [0.25, 0.3) is 10.2 Å². The first-order chi connectivity index (χ1) is 11.6. The molecule has 3 aromatic rings. The average Bonchev–Trinajstić information content (AvgIpc) is 3.11. The van der Waals surface area contributed by atoms with Crippen LogP contribution in [-0.4, -0.2) is 46.0 Å². The van der Waals surface area contributed by atoms with E-state index in [0.29, 0.717) is 0 Å². The summed E-state index contributed by atoms with van der Waals surface area (Å²) in [6.07, 6.45) is 1.70. The lowest BCUT2D eigenvalue weighted by atomic mass is 10.2. The van der Waals surface area contributed by atoms with Gasteiger partial charge in [0, 0.05) is 31.1 Å². The Morgan fingerprint density at radius 1 is 1.08 bits per heavy atom. The molecule has 0 aromatic carbocycles. The van der Waals surface area contributed by atoms with Gasteiger partial charge in [-0.15, -0.1) is 22.7 Å². The lowest BCUT2D eigenvalue weighted by Crippen LogP contribution is -2.46. The van der Waals surface area contributed by atoms with Crippen LogP contribution in [-0.2, 0) is 6.54 Å². The molecule has 4 rings (SSSR count). The maximum atomic E-state index is 4.67. The Labute approximate surface area is 150 Å². The minimum Gasteiger partial charge on any atom is -0.353 e. The maximum absolute atomic E-state index is 4.67. The first-order valence-electron chi connectivity index (χ1n) is 8.21. The van der Waals surface area contributed by atoms with Gasteiger partial charge in [-0.1, -0.05) is 0 Å². The van der Waals surface area contributed by atoms with E-state index < -0.39 is 0 Å². The van der Waals surface area contributed by atoms with Gasteiger partial charge in [-0.05, 0) is 31.7 Å². The summed E-state index contributed by atoms with van der Waals surface area (Å²) in [5.74, 6) is 1.10. The van der Waals surface area contributed by atoms with Crippen molar-refractivity contribution in [3.05, 3.63) is 32.8 Å². The van der Waals surface area contributed by atoms with Gasteiger partial charge in [0.05, 0.1) is 22.5 Å². The van der Waals surface area contributed by atoms with Crippen molar-refractivity contribution < 1.29 is 0 Å². The van der Waals surface area contributed by atoms with Crippen molar-refractivity contribution in [3.63, 3.8) is 0 Å². The summed E-state index contributed by atoms with van der Waals surface area (Å²) in [4.78, 5) is 19.9. The summed E-state index contributed by atoms with van der Waals surface area (Å²) in [6.45, 7) is 11.4. The van der Waals surface area contributed by atoms with Crippen LogP contribution in [0.15, 0.2) is 11.7 Å². The largest absolute Gasteiger partial charge is 0.353 e. The molecular formula is C17H21N5S2. The number of aromatic nitrogens is 3. The van der Waals surface area contributed by atoms with Gasteiger partial charge in [-0.25, -0.2) is 15.0 Å². The number of thiazole rings is 1. The van der Waals surface area contributed by atoms with Crippen molar-refractivity contribution in [2.24, 2.45) is 0 Å². The number of fused-ring (bicyclic) bond motifs is 1. The van der Waals surface area contributed by atoms with E-state index in [1.54, 1.807) is 17.7 Å². The number of rotatable bonds is 3. The fourth-order valence-corrected chi connectivity index (χ4v) is 5.09. The molecule has 0 saturated carbocycles. The number of hydrogen-bond donors (Lipinski definition) is 0. The van der Waals surface area contributed by atoms with Crippen molar-refractivity contribution >= 4 is 38.7 Å². The van der Waals surface area contributed by atoms with Crippen LogP contribution in [0.1, 0.15) is 21.1 Å². The number of anilines is 1. The third-order valence-corrected chi connectivity index (χ3v) is 6.76. The molecule has 5 nitrogen and oxygen atoms in total. The second kappa shape index (κ2) is 6.38. The topological polar surface area (TPSA) is 45.2 Å². The predicted octanol–water partition coefficient (Wildman–Crippen LogP) is 3.40. The van der Waals surface area contributed by atoms with Crippen molar-refractivity contribution in [1.29, 1.82) is 0 Å². The molecule has 0 radical (unpaired) electrons. The van der Waals surface area contributed by atoms with E-state index in [2.05, 4.69) is 50.9 Å². The number of nitrogens with zero attached hydrogens (tertiary/aromatic N) is 5. The molecule has 1 fully saturated rings. The summed E-state index contributed by atoms with van der Waals surface area (Å²) in [7, 11) is 0. The SMILES string of the molecule is Cc1nc(CN2CCN(c3ncnc4c(C)csc34)CC2)sc1C. The van der Waals surface area contributed by atoms with E-state index in [4.69, 9.17) is 0 Å². The van der Waals surface area contributed by atoms with Gasteiger partial charge in [0.1, 0.15) is 17.2 Å². The molecular weight excluding hydrogens is 338 g/mol. The number of thiophene rings is 1. The lowest BCUT2D eigenvalue weighted by molar-refractivity contribution is 0.249. The minimum absolute atomic E-state index is 0.963. The van der Waals surface area contributed by atoms with Crippen molar-refractivity contribution in [3.8, 4) is 0 Å². The second-order valence-corrected chi connectivity index (χ2v) is 8.47. The maximum Gasteiger partial charge on any atom is 0.150 e. The van der Waals surface area contributed by atoms with Gasteiger partial charge >= 0.3 is 0 Å². The third kappa shape index (κ3) is 2.92. The molecule has 0 spiro atoms. The summed E-state index contributed by atoms with van der Waals surface area (Å²) in [5.41, 5.74) is 3.51. The van der Waals surface area contributed by atoms with Crippen LogP contribution in [0.2, 0.25) is 0 Å². The third-order valence-electron chi connectivity index (χ3n) is 4.62. The van der Waals surface area contributed by atoms with Crippen LogP contribution in [0.3, 0.4) is 0 Å². The van der Waals surface area contributed by atoms with Crippen LogP contribution < -0.4 is 4.90 Å². The quantitative estimate of drug-likeness (QED) is 0.717. The molecule has 3 aromatic heterocycles. The molecule has 0 atom stereocenters. The molecule has 0 aliphatic carbocycles. The Balaban J connectivity index is 1.45. The Morgan fingerprint density at radius 3 is 2.58 bits per heavy atom. The van der Waals surface area contributed by atoms with Crippen LogP contribution in [0.5, 0.6) is 0 Å². The van der Waals surface area contributed by atoms with Crippen molar-refractivity contribution in [1.82, 2.24) is 19.9 Å². The smallest absolute Gasteiger partial charge is 0.150 e. The fourth-order valence-electron chi connectivity index (χ4n) is 3.10. The van der Waals surface area contributed by atoms with Crippen LogP contribution in [0, 0.1) is 20.8 Å². The molecule has 0 bridgehead atoms. The Bertz CT molecular complexity index is 842. The highest BCUT2D eigenvalue weighted by atomic mass is 32.1.